The predicted octanol–water partition coefficient (Wildman–Crippen LogP) is 4.24. The molecule has 0 radical (unpaired) electrons. The second-order valence-corrected chi connectivity index (χ2v) is 6.90. The standard InChI is InChI=1S/C24H21NO5/c1-28-20-9-7-15(11-19(20)24(27)29-2)13-25-22(26)12-17-14-30-21-10-8-16-5-3-4-6-18(16)23(17)21/h3-11,14H,12-13H2,1-2H3,(H,25,26). The third-order valence-corrected chi connectivity index (χ3v) is 5.05. The Labute approximate surface area is 173 Å². The molecule has 0 fully saturated rings. The first-order chi connectivity index (χ1) is 14.6. The second-order valence-electron chi connectivity index (χ2n) is 6.90. The number of nitrogens with one attached hydrogen (secondary N) is 1. The highest BCUT2D eigenvalue weighted by Crippen LogP contribution is 2.30. The Kier molecular flexibility index (Phi) is 5.39. The molecule has 3 aromatic carbocycles. The molecule has 0 saturated heterocycles. The number of furan rings is 1. The van der Waals surface area contributed by atoms with Gasteiger partial charge in [-0.2, -0.15) is 0 Å². The zero-order chi connectivity index (χ0) is 21.1. The Bertz CT molecular complexity index is 1240. The molecule has 0 atom stereocenters. The number of hydrogen-bond acceptors (Lipinski definition) is 5. The van der Waals surface area contributed by atoms with Gasteiger partial charge in [0.05, 0.1) is 26.9 Å². The van der Waals surface area contributed by atoms with E-state index in [9.17, 15) is 9.59 Å². The van der Waals surface area contributed by atoms with Crippen molar-refractivity contribution in [3.05, 3.63) is 77.6 Å². The van der Waals surface area contributed by atoms with E-state index in [2.05, 4.69) is 5.32 Å². The van der Waals surface area contributed by atoms with Gasteiger partial charge in [-0.3, -0.25) is 4.79 Å². The Hall–Kier alpha value is -3.80. The lowest BCUT2D eigenvalue weighted by Crippen LogP contribution is -2.24. The van der Waals surface area contributed by atoms with Crippen molar-refractivity contribution in [3.63, 3.8) is 0 Å². The Morgan fingerprint density at radius 2 is 1.87 bits per heavy atom. The average Bonchev–Trinajstić information content (AvgIpc) is 3.20. The first kappa shape index (κ1) is 19.5. The van der Waals surface area contributed by atoms with E-state index in [1.165, 1.54) is 14.2 Å². The van der Waals surface area contributed by atoms with E-state index in [4.69, 9.17) is 13.9 Å². The maximum atomic E-state index is 12.6. The highest BCUT2D eigenvalue weighted by molar-refractivity contribution is 6.08. The van der Waals surface area contributed by atoms with Crippen LogP contribution in [0.4, 0.5) is 0 Å². The van der Waals surface area contributed by atoms with Crippen molar-refractivity contribution >= 4 is 33.6 Å². The van der Waals surface area contributed by atoms with E-state index >= 15 is 0 Å². The van der Waals surface area contributed by atoms with Gasteiger partial charge in [-0.15, -0.1) is 0 Å². The van der Waals surface area contributed by atoms with Crippen molar-refractivity contribution in [1.82, 2.24) is 5.32 Å². The van der Waals surface area contributed by atoms with Gasteiger partial charge >= 0.3 is 5.97 Å². The van der Waals surface area contributed by atoms with Gasteiger partial charge in [0.1, 0.15) is 16.9 Å². The third-order valence-electron chi connectivity index (χ3n) is 5.05. The summed E-state index contributed by atoms with van der Waals surface area (Å²) in [4.78, 5) is 24.5. The number of hydrogen-bond donors (Lipinski definition) is 1. The fourth-order valence-corrected chi connectivity index (χ4v) is 3.58. The average molecular weight is 403 g/mol. The third kappa shape index (κ3) is 3.72. The van der Waals surface area contributed by atoms with E-state index in [0.29, 0.717) is 11.3 Å². The number of esters is 1. The number of fused-ring (bicyclic) bond motifs is 3. The van der Waals surface area contributed by atoms with E-state index in [0.717, 1.165) is 32.9 Å². The van der Waals surface area contributed by atoms with Gasteiger partial charge in [-0.05, 0) is 34.5 Å². The number of rotatable bonds is 6. The normalized spacial score (nSPS) is 10.9. The summed E-state index contributed by atoms with van der Waals surface area (Å²) >= 11 is 0. The lowest BCUT2D eigenvalue weighted by Gasteiger charge is -2.10. The SMILES string of the molecule is COC(=O)c1cc(CNC(=O)Cc2coc3ccc4ccccc4c23)ccc1OC. The first-order valence-electron chi connectivity index (χ1n) is 9.50. The molecular weight excluding hydrogens is 382 g/mol. The lowest BCUT2D eigenvalue weighted by atomic mass is 10.0. The fourth-order valence-electron chi connectivity index (χ4n) is 3.58. The number of methoxy groups -OCH3 is 2. The Morgan fingerprint density at radius 3 is 2.67 bits per heavy atom. The largest absolute Gasteiger partial charge is 0.496 e. The van der Waals surface area contributed by atoms with Crippen molar-refractivity contribution in [2.75, 3.05) is 14.2 Å². The molecule has 0 unspecified atom stereocenters. The lowest BCUT2D eigenvalue weighted by molar-refractivity contribution is -0.120. The highest BCUT2D eigenvalue weighted by Gasteiger charge is 2.15. The van der Waals surface area contributed by atoms with Crippen LogP contribution >= 0.6 is 0 Å². The molecule has 1 N–H and O–H groups in total. The zero-order valence-corrected chi connectivity index (χ0v) is 16.7. The van der Waals surface area contributed by atoms with Crippen molar-refractivity contribution in [2.45, 2.75) is 13.0 Å². The fraction of sp³-hybridized carbons (Fsp3) is 0.167. The smallest absolute Gasteiger partial charge is 0.341 e. The van der Waals surface area contributed by atoms with Crippen LogP contribution in [0.5, 0.6) is 5.75 Å². The monoisotopic (exact) mass is 403 g/mol. The summed E-state index contributed by atoms with van der Waals surface area (Å²) < 4.78 is 15.6. The summed E-state index contributed by atoms with van der Waals surface area (Å²) in [5.74, 6) is -0.202. The van der Waals surface area contributed by atoms with Crippen molar-refractivity contribution in [1.29, 1.82) is 0 Å². The van der Waals surface area contributed by atoms with Gasteiger partial charge in [0.15, 0.2) is 0 Å². The minimum absolute atomic E-state index is 0.138. The van der Waals surface area contributed by atoms with Crippen LogP contribution < -0.4 is 10.1 Å². The number of carbonyl (C=O) groups excluding carboxylic acids is 2. The van der Waals surface area contributed by atoms with E-state index < -0.39 is 5.97 Å². The summed E-state index contributed by atoms with van der Waals surface area (Å²) in [6, 6.07) is 17.1. The molecule has 30 heavy (non-hydrogen) atoms. The molecule has 0 aliphatic carbocycles. The van der Waals surface area contributed by atoms with Crippen LogP contribution in [0.25, 0.3) is 21.7 Å². The molecule has 0 aliphatic heterocycles. The Balaban J connectivity index is 1.51. The van der Waals surface area contributed by atoms with Crippen LogP contribution in [0, 0.1) is 0 Å². The summed E-state index contributed by atoms with van der Waals surface area (Å²) in [5, 5.41) is 6.02. The molecule has 152 valence electrons. The van der Waals surface area contributed by atoms with Crippen molar-refractivity contribution in [3.8, 4) is 5.75 Å². The molecule has 6 heteroatoms. The quantitative estimate of drug-likeness (QED) is 0.487. The van der Waals surface area contributed by atoms with Gasteiger partial charge in [0, 0.05) is 17.5 Å². The van der Waals surface area contributed by atoms with Gasteiger partial charge in [-0.1, -0.05) is 36.4 Å². The maximum absolute atomic E-state index is 12.6. The molecule has 1 aromatic heterocycles. The van der Waals surface area contributed by atoms with Crippen molar-refractivity contribution < 1.29 is 23.5 Å². The first-order valence-corrected chi connectivity index (χ1v) is 9.50. The molecule has 1 amide bonds. The molecule has 0 bridgehead atoms. The molecule has 0 saturated carbocycles. The maximum Gasteiger partial charge on any atom is 0.341 e. The molecule has 1 heterocycles. The Morgan fingerprint density at radius 1 is 1.03 bits per heavy atom. The number of amides is 1. The van der Waals surface area contributed by atoms with E-state index in [1.54, 1.807) is 24.5 Å². The van der Waals surface area contributed by atoms with Crippen LogP contribution in [0.1, 0.15) is 21.5 Å². The summed E-state index contributed by atoms with van der Waals surface area (Å²) in [6.07, 6.45) is 1.83. The van der Waals surface area contributed by atoms with Gasteiger partial charge < -0.3 is 19.2 Å². The molecule has 4 aromatic rings. The van der Waals surface area contributed by atoms with Crippen LogP contribution in [-0.2, 0) is 22.5 Å². The molecule has 0 spiro atoms. The van der Waals surface area contributed by atoms with Gasteiger partial charge in [0.25, 0.3) is 0 Å². The zero-order valence-electron chi connectivity index (χ0n) is 16.7. The van der Waals surface area contributed by atoms with Crippen LogP contribution in [0.15, 0.2) is 65.3 Å². The van der Waals surface area contributed by atoms with E-state index in [-0.39, 0.29) is 18.9 Å². The summed E-state index contributed by atoms with van der Waals surface area (Å²) in [5.41, 5.74) is 2.68. The molecular formula is C24H21NO5. The van der Waals surface area contributed by atoms with Crippen LogP contribution in [-0.4, -0.2) is 26.1 Å². The molecule has 4 rings (SSSR count). The topological polar surface area (TPSA) is 77.8 Å². The van der Waals surface area contributed by atoms with Crippen LogP contribution in [0.2, 0.25) is 0 Å². The number of ether oxygens (including phenoxy) is 2. The van der Waals surface area contributed by atoms with E-state index in [1.807, 2.05) is 36.4 Å². The highest BCUT2D eigenvalue weighted by atomic mass is 16.5. The van der Waals surface area contributed by atoms with Crippen LogP contribution in [0.3, 0.4) is 0 Å². The minimum atomic E-state index is -0.489. The van der Waals surface area contributed by atoms with Crippen molar-refractivity contribution in [2.24, 2.45) is 0 Å². The number of benzene rings is 3. The van der Waals surface area contributed by atoms with Gasteiger partial charge in [0.2, 0.25) is 5.91 Å². The summed E-state index contributed by atoms with van der Waals surface area (Å²) in [6.45, 7) is 0.281. The van der Waals surface area contributed by atoms with Gasteiger partial charge in [-0.25, -0.2) is 4.79 Å². The minimum Gasteiger partial charge on any atom is -0.496 e. The molecule has 0 aliphatic rings. The molecule has 6 nitrogen and oxygen atoms in total. The number of carbonyl (C=O) groups is 2. The second kappa shape index (κ2) is 8.29. The predicted molar refractivity (Wildman–Crippen MR) is 114 cm³/mol. The summed E-state index contributed by atoms with van der Waals surface area (Å²) in [7, 11) is 2.80.